The first-order valence-electron chi connectivity index (χ1n) is 13.0. The van der Waals surface area contributed by atoms with E-state index in [1.807, 2.05) is 12.4 Å². The van der Waals surface area contributed by atoms with Gasteiger partial charge in [-0.2, -0.15) is 5.10 Å². The van der Waals surface area contributed by atoms with E-state index in [4.69, 9.17) is 15.0 Å². The van der Waals surface area contributed by atoms with Crippen LogP contribution < -0.4 is 0 Å². The average molecular weight is 513 g/mol. The Labute approximate surface area is 221 Å². The molecule has 0 radical (unpaired) electrons. The van der Waals surface area contributed by atoms with Crippen molar-refractivity contribution in [2.24, 2.45) is 0 Å². The van der Waals surface area contributed by atoms with Gasteiger partial charge in [-0.05, 0) is 40.1 Å². The molecule has 6 nitrogen and oxygen atoms in total. The van der Waals surface area contributed by atoms with Crippen LogP contribution in [-0.4, -0.2) is 30.1 Å². The van der Waals surface area contributed by atoms with E-state index in [1.54, 1.807) is 11.3 Å². The van der Waals surface area contributed by atoms with E-state index in [0.717, 1.165) is 61.7 Å². The molecule has 0 spiro atoms. The third-order valence-electron chi connectivity index (χ3n) is 7.66. The number of imidazole rings is 2. The van der Waals surface area contributed by atoms with Crippen LogP contribution in [0, 0.1) is 0 Å². The van der Waals surface area contributed by atoms with Crippen LogP contribution in [0.1, 0.15) is 38.3 Å². The number of H-pyrrole nitrogens is 2. The smallest absolute Gasteiger partial charge is 0.132 e. The van der Waals surface area contributed by atoms with Crippen molar-refractivity contribution in [2.45, 2.75) is 33.1 Å². The first-order chi connectivity index (χ1) is 18.6. The van der Waals surface area contributed by atoms with Gasteiger partial charge in [0.15, 0.2) is 0 Å². The maximum absolute atomic E-state index is 4.94. The summed E-state index contributed by atoms with van der Waals surface area (Å²) in [6, 6.07) is 15.7. The molecule has 0 aliphatic heterocycles. The Morgan fingerprint density at radius 1 is 0.763 bits per heavy atom. The zero-order chi connectivity index (χ0) is 25.5. The minimum atomic E-state index is 0.261. The Kier molecular flexibility index (Phi) is 4.47. The molecule has 2 N–H and O–H groups in total. The minimum absolute atomic E-state index is 0.261. The zero-order valence-electron chi connectivity index (χ0n) is 21.3. The molecule has 0 aliphatic rings. The van der Waals surface area contributed by atoms with Crippen LogP contribution in [-0.2, 0) is 6.42 Å². The fourth-order valence-corrected chi connectivity index (χ4v) is 6.65. The monoisotopic (exact) mass is 512 g/mol. The molecule has 0 saturated heterocycles. The number of aromatic nitrogens is 6. The number of aryl methyl sites for hydroxylation is 1. The average Bonchev–Trinajstić information content (AvgIpc) is 3.71. The second-order valence-corrected chi connectivity index (χ2v) is 11.2. The Morgan fingerprint density at radius 3 is 2.32 bits per heavy atom. The van der Waals surface area contributed by atoms with Crippen molar-refractivity contribution in [1.29, 1.82) is 0 Å². The second-order valence-electron chi connectivity index (χ2n) is 10.2. The maximum Gasteiger partial charge on any atom is 0.132 e. The summed E-state index contributed by atoms with van der Waals surface area (Å²) in [5.74, 6) is 2.16. The highest BCUT2D eigenvalue weighted by atomic mass is 32.1. The summed E-state index contributed by atoms with van der Waals surface area (Å²) in [6.07, 6.45) is 4.73. The predicted molar refractivity (Wildman–Crippen MR) is 158 cm³/mol. The molecular weight excluding hydrogens is 488 g/mol. The highest BCUT2D eigenvalue weighted by Gasteiger charge is 2.18. The summed E-state index contributed by atoms with van der Waals surface area (Å²) in [4.78, 5) is 18.3. The van der Waals surface area contributed by atoms with Crippen LogP contribution in [0.3, 0.4) is 0 Å². The van der Waals surface area contributed by atoms with E-state index in [1.165, 1.54) is 32.0 Å². The van der Waals surface area contributed by atoms with Gasteiger partial charge in [0.25, 0.3) is 0 Å². The third-order valence-corrected chi connectivity index (χ3v) is 8.60. The van der Waals surface area contributed by atoms with Crippen molar-refractivity contribution in [3.63, 3.8) is 0 Å². The summed E-state index contributed by atoms with van der Waals surface area (Å²) in [5, 5.41) is 17.6. The van der Waals surface area contributed by atoms with Gasteiger partial charge in [0.1, 0.15) is 17.2 Å². The van der Waals surface area contributed by atoms with Gasteiger partial charge in [0.05, 0.1) is 22.7 Å². The molecule has 0 amide bonds. The zero-order valence-corrected chi connectivity index (χ0v) is 22.1. The van der Waals surface area contributed by atoms with Gasteiger partial charge in [-0.25, -0.2) is 15.0 Å². The van der Waals surface area contributed by atoms with Crippen LogP contribution in [0.25, 0.3) is 75.6 Å². The van der Waals surface area contributed by atoms with Gasteiger partial charge < -0.3 is 4.98 Å². The molecule has 0 atom stereocenters. The van der Waals surface area contributed by atoms with Crippen molar-refractivity contribution in [2.75, 3.05) is 0 Å². The Balaban J connectivity index is 1.41. The second kappa shape index (κ2) is 7.82. The van der Waals surface area contributed by atoms with E-state index >= 15 is 0 Å². The lowest BCUT2D eigenvalue weighted by Gasteiger charge is -2.10. The van der Waals surface area contributed by atoms with Gasteiger partial charge in [0, 0.05) is 55.6 Å². The molecule has 7 heteroatoms. The fourth-order valence-electron chi connectivity index (χ4n) is 5.72. The van der Waals surface area contributed by atoms with Crippen molar-refractivity contribution < 1.29 is 0 Å². The molecule has 0 fully saturated rings. The molecule has 8 aromatic rings. The number of aromatic amines is 2. The van der Waals surface area contributed by atoms with Crippen LogP contribution >= 0.6 is 11.3 Å². The van der Waals surface area contributed by atoms with Gasteiger partial charge in [0.2, 0.25) is 0 Å². The molecule has 38 heavy (non-hydrogen) atoms. The normalized spacial score (nSPS) is 12.4. The Bertz CT molecular complexity index is 2220. The predicted octanol–water partition coefficient (Wildman–Crippen LogP) is 8.26. The van der Waals surface area contributed by atoms with Crippen molar-refractivity contribution >= 4 is 75.8 Å². The van der Waals surface area contributed by atoms with Crippen molar-refractivity contribution in [3.05, 3.63) is 71.9 Å². The number of fused-ring (bicyclic) bond motifs is 12. The van der Waals surface area contributed by atoms with Crippen LogP contribution in [0.4, 0.5) is 0 Å². The highest BCUT2D eigenvalue weighted by molar-refractivity contribution is 7.18. The lowest BCUT2D eigenvalue weighted by atomic mass is 9.95. The summed E-state index contributed by atoms with van der Waals surface area (Å²) < 4.78 is 1.28. The number of hydrogen-bond acceptors (Lipinski definition) is 5. The largest absolute Gasteiger partial charge is 0.341 e. The SMILES string of the molecule is CCc1nc2c3ccsc3c3cc(-c4ccc5c(c4)c4c[nH]ncc4c4nc(C(C)C)nc54)ccc3c2[nH]1. The molecular formula is C31H24N6S. The van der Waals surface area contributed by atoms with Gasteiger partial charge in [-0.15, -0.1) is 11.3 Å². The van der Waals surface area contributed by atoms with Crippen LogP contribution in [0.15, 0.2) is 60.2 Å². The molecule has 0 aliphatic carbocycles. The van der Waals surface area contributed by atoms with E-state index in [9.17, 15) is 0 Å². The fraction of sp³-hybridized carbons (Fsp3) is 0.161. The molecule has 0 bridgehead atoms. The van der Waals surface area contributed by atoms with Gasteiger partial charge in [-0.1, -0.05) is 45.0 Å². The lowest BCUT2D eigenvalue weighted by Crippen LogP contribution is -1.88. The highest BCUT2D eigenvalue weighted by Crippen LogP contribution is 2.40. The number of nitrogens with one attached hydrogen (secondary N) is 2. The van der Waals surface area contributed by atoms with E-state index in [-0.39, 0.29) is 5.92 Å². The molecule has 8 rings (SSSR count). The summed E-state index contributed by atoms with van der Waals surface area (Å²) >= 11 is 1.78. The minimum Gasteiger partial charge on any atom is -0.341 e. The molecule has 184 valence electrons. The number of benzene rings is 4. The Morgan fingerprint density at radius 2 is 1.53 bits per heavy atom. The summed E-state index contributed by atoms with van der Waals surface area (Å²) in [7, 11) is 0. The number of hydrogen-bond donors (Lipinski definition) is 2. The van der Waals surface area contributed by atoms with Gasteiger partial charge >= 0.3 is 0 Å². The lowest BCUT2D eigenvalue weighted by molar-refractivity contribution is 0.799. The number of thiophene rings is 1. The maximum atomic E-state index is 4.94. The van der Waals surface area contributed by atoms with Crippen molar-refractivity contribution in [1.82, 2.24) is 30.1 Å². The van der Waals surface area contributed by atoms with E-state index in [2.05, 4.69) is 83.8 Å². The first-order valence-corrected chi connectivity index (χ1v) is 13.9. The molecule has 4 aromatic carbocycles. The quantitative estimate of drug-likeness (QED) is 0.233. The van der Waals surface area contributed by atoms with Crippen molar-refractivity contribution in [3.8, 4) is 11.1 Å². The summed E-state index contributed by atoms with van der Waals surface area (Å²) in [6.45, 7) is 6.40. The Hall–Kier alpha value is -4.36. The molecule has 4 aromatic heterocycles. The molecule has 0 unspecified atom stereocenters. The number of rotatable bonds is 3. The summed E-state index contributed by atoms with van der Waals surface area (Å²) in [5.41, 5.74) is 6.42. The third kappa shape index (κ3) is 2.93. The molecule has 0 saturated carbocycles. The van der Waals surface area contributed by atoms with E-state index in [0.29, 0.717) is 0 Å². The van der Waals surface area contributed by atoms with Crippen LogP contribution in [0.2, 0.25) is 0 Å². The van der Waals surface area contributed by atoms with E-state index < -0.39 is 0 Å². The first kappa shape index (κ1) is 21.7. The topological polar surface area (TPSA) is 83.1 Å². The molecule has 4 heterocycles. The van der Waals surface area contributed by atoms with Gasteiger partial charge in [-0.3, -0.25) is 5.10 Å². The van der Waals surface area contributed by atoms with Crippen LogP contribution in [0.5, 0.6) is 0 Å². The standard InChI is InChI=1S/C31H24N6S/c1-4-25-34-26-19-8-6-17(12-22(19)30-20(9-10-38-30)28(26)35-25)16-5-7-18-21(11-16)23-13-32-33-14-24(23)29-27(18)36-31(37-29)15(2)3/h5-15,32H,4H2,1-3H3,(H,34,35). The number of nitrogens with zero attached hydrogens (tertiary/aromatic N) is 4.